The molecule has 2 atom stereocenters. The van der Waals surface area contributed by atoms with Crippen LogP contribution in [0.4, 0.5) is 5.69 Å². The highest BCUT2D eigenvalue weighted by Gasteiger charge is 2.20. The van der Waals surface area contributed by atoms with Gasteiger partial charge < -0.3 is 5.32 Å². The first-order valence-electron chi connectivity index (χ1n) is 7.59. The van der Waals surface area contributed by atoms with Crippen LogP contribution in [0.5, 0.6) is 0 Å². The summed E-state index contributed by atoms with van der Waals surface area (Å²) in [6.45, 7) is 4.75. The third-order valence-corrected chi connectivity index (χ3v) is 5.12. The summed E-state index contributed by atoms with van der Waals surface area (Å²) in [7, 11) is 0. The molecule has 1 aliphatic carbocycles. The van der Waals surface area contributed by atoms with E-state index >= 15 is 0 Å². The van der Waals surface area contributed by atoms with Crippen LogP contribution in [0.2, 0.25) is 0 Å². The molecule has 0 bridgehead atoms. The van der Waals surface area contributed by atoms with Gasteiger partial charge in [0.25, 0.3) is 0 Å². The highest BCUT2D eigenvalue weighted by Crippen LogP contribution is 2.30. The van der Waals surface area contributed by atoms with Gasteiger partial charge in [-0.3, -0.25) is 0 Å². The first-order chi connectivity index (χ1) is 9.19. The molecule has 1 nitrogen and oxygen atoms in total. The largest absolute Gasteiger partial charge is 0.382 e. The topological polar surface area (TPSA) is 12.0 Å². The molecule has 0 radical (unpaired) electrons. The Morgan fingerprint density at radius 2 is 2.00 bits per heavy atom. The Kier molecular flexibility index (Phi) is 5.62. The SMILES string of the molecule is CSc1cccc(NC2CCCC(C(C)C)CC2)c1. The molecule has 2 unspecified atom stereocenters. The Hall–Kier alpha value is -0.630. The predicted molar refractivity (Wildman–Crippen MR) is 87.0 cm³/mol. The Morgan fingerprint density at radius 3 is 2.74 bits per heavy atom. The summed E-state index contributed by atoms with van der Waals surface area (Å²) >= 11 is 1.81. The Balaban J connectivity index is 1.92. The van der Waals surface area contributed by atoms with Crippen LogP contribution in [0.15, 0.2) is 29.2 Å². The lowest BCUT2D eigenvalue weighted by Gasteiger charge is -2.20. The number of benzene rings is 1. The van der Waals surface area contributed by atoms with Gasteiger partial charge in [0.2, 0.25) is 0 Å². The molecule has 0 heterocycles. The zero-order valence-corrected chi connectivity index (χ0v) is 13.3. The minimum atomic E-state index is 0.667. The van der Waals surface area contributed by atoms with Crippen LogP contribution in [0.25, 0.3) is 0 Å². The van der Waals surface area contributed by atoms with E-state index in [1.807, 2.05) is 11.8 Å². The number of rotatable bonds is 4. The molecule has 0 aromatic heterocycles. The van der Waals surface area contributed by atoms with Crippen molar-refractivity contribution in [3.63, 3.8) is 0 Å². The fraction of sp³-hybridized carbons (Fsp3) is 0.647. The standard InChI is InChI=1S/C17H27NS/c1-13(2)14-6-4-7-15(11-10-14)18-16-8-5-9-17(12-16)19-3/h5,8-9,12-15,18H,4,6-7,10-11H2,1-3H3. The molecule has 0 spiro atoms. The van der Waals surface area contributed by atoms with Crippen molar-refractivity contribution in [3.05, 3.63) is 24.3 Å². The molecule has 1 fully saturated rings. The number of anilines is 1. The van der Waals surface area contributed by atoms with Crippen molar-refractivity contribution in [1.82, 2.24) is 0 Å². The quantitative estimate of drug-likeness (QED) is 0.582. The van der Waals surface area contributed by atoms with Crippen LogP contribution in [0, 0.1) is 11.8 Å². The van der Waals surface area contributed by atoms with Crippen molar-refractivity contribution in [1.29, 1.82) is 0 Å². The van der Waals surface area contributed by atoms with E-state index in [2.05, 4.69) is 49.7 Å². The van der Waals surface area contributed by atoms with Crippen molar-refractivity contribution >= 4 is 17.4 Å². The second kappa shape index (κ2) is 7.23. The molecule has 106 valence electrons. The van der Waals surface area contributed by atoms with E-state index in [0.717, 1.165) is 11.8 Å². The van der Waals surface area contributed by atoms with Gasteiger partial charge in [-0.25, -0.2) is 0 Å². The van der Waals surface area contributed by atoms with Gasteiger partial charge in [0, 0.05) is 16.6 Å². The van der Waals surface area contributed by atoms with E-state index < -0.39 is 0 Å². The van der Waals surface area contributed by atoms with Gasteiger partial charge >= 0.3 is 0 Å². The maximum atomic E-state index is 3.74. The molecule has 1 saturated carbocycles. The molecule has 0 aliphatic heterocycles. The third-order valence-electron chi connectivity index (χ3n) is 4.40. The lowest BCUT2D eigenvalue weighted by molar-refractivity contribution is 0.341. The molecule has 2 rings (SSSR count). The van der Waals surface area contributed by atoms with Crippen molar-refractivity contribution in [2.24, 2.45) is 11.8 Å². The Morgan fingerprint density at radius 1 is 1.16 bits per heavy atom. The van der Waals surface area contributed by atoms with Gasteiger partial charge in [0.15, 0.2) is 0 Å². The number of hydrogen-bond acceptors (Lipinski definition) is 2. The van der Waals surface area contributed by atoms with Gasteiger partial charge in [0.1, 0.15) is 0 Å². The Bertz CT molecular complexity index is 389. The fourth-order valence-electron chi connectivity index (χ4n) is 3.09. The zero-order valence-electron chi connectivity index (χ0n) is 12.5. The van der Waals surface area contributed by atoms with E-state index in [0.29, 0.717) is 6.04 Å². The molecular weight excluding hydrogens is 250 g/mol. The molecule has 2 heteroatoms. The summed E-state index contributed by atoms with van der Waals surface area (Å²) in [5.74, 6) is 1.78. The predicted octanol–water partition coefficient (Wildman–Crippen LogP) is 5.43. The van der Waals surface area contributed by atoms with Crippen LogP contribution in [-0.4, -0.2) is 12.3 Å². The average Bonchev–Trinajstić information content (AvgIpc) is 2.65. The second-order valence-corrected chi connectivity index (χ2v) is 6.97. The van der Waals surface area contributed by atoms with E-state index in [1.165, 1.54) is 42.7 Å². The fourth-order valence-corrected chi connectivity index (χ4v) is 3.55. The summed E-state index contributed by atoms with van der Waals surface area (Å²) in [5.41, 5.74) is 1.29. The van der Waals surface area contributed by atoms with E-state index in [1.54, 1.807) is 0 Å². The number of hydrogen-bond donors (Lipinski definition) is 1. The molecule has 0 amide bonds. The third kappa shape index (κ3) is 4.45. The van der Waals surface area contributed by atoms with Crippen molar-refractivity contribution < 1.29 is 0 Å². The van der Waals surface area contributed by atoms with Gasteiger partial charge in [-0.05, 0) is 55.6 Å². The van der Waals surface area contributed by atoms with Crippen LogP contribution < -0.4 is 5.32 Å². The molecule has 0 saturated heterocycles. The highest BCUT2D eigenvalue weighted by atomic mass is 32.2. The summed E-state index contributed by atoms with van der Waals surface area (Å²) in [6, 6.07) is 9.47. The average molecular weight is 277 g/mol. The van der Waals surface area contributed by atoms with E-state index in [-0.39, 0.29) is 0 Å². The van der Waals surface area contributed by atoms with Crippen LogP contribution in [-0.2, 0) is 0 Å². The van der Waals surface area contributed by atoms with Crippen molar-refractivity contribution in [2.45, 2.75) is 56.9 Å². The monoisotopic (exact) mass is 277 g/mol. The molecule has 1 N–H and O–H groups in total. The van der Waals surface area contributed by atoms with Crippen LogP contribution in [0.3, 0.4) is 0 Å². The molecule has 19 heavy (non-hydrogen) atoms. The van der Waals surface area contributed by atoms with Crippen LogP contribution in [0.1, 0.15) is 46.0 Å². The van der Waals surface area contributed by atoms with Crippen molar-refractivity contribution in [2.75, 3.05) is 11.6 Å². The lowest BCUT2D eigenvalue weighted by Crippen LogP contribution is -2.18. The normalized spacial score (nSPS) is 24.2. The summed E-state index contributed by atoms with van der Waals surface area (Å²) in [5, 5.41) is 3.74. The molecule has 1 aromatic rings. The minimum absolute atomic E-state index is 0.667. The maximum Gasteiger partial charge on any atom is 0.0353 e. The number of thioether (sulfide) groups is 1. The maximum absolute atomic E-state index is 3.74. The van der Waals surface area contributed by atoms with Gasteiger partial charge in [-0.15, -0.1) is 11.8 Å². The molecular formula is C17H27NS. The highest BCUT2D eigenvalue weighted by molar-refractivity contribution is 7.98. The lowest BCUT2D eigenvalue weighted by atomic mass is 9.89. The first-order valence-corrected chi connectivity index (χ1v) is 8.82. The van der Waals surface area contributed by atoms with Crippen molar-refractivity contribution in [3.8, 4) is 0 Å². The molecule has 1 aliphatic rings. The van der Waals surface area contributed by atoms with Gasteiger partial charge in [-0.1, -0.05) is 32.8 Å². The summed E-state index contributed by atoms with van der Waals surface area (Å²) in [6.07, 6.45) is 8.97. The smallest absolute Gasteiger partial charge is 0.0353 e. The summed E-state index contributed by atoms with van der Waals surface area (Å²) < 4.78 is 0. The van der Waals surface area contributed by atoms with Gasteiger partial charge in [0.05, 0.1) is 0 Å². The second-order valence-electron chi connectivity index (χ2n) is 6.09. The summed E-state index contributed by atoms with van der Waals surface area (Å²) in [4.78, 5) is 1.35. The minimum Gasteiger partial charge on any atom is -0.382 e. The number of nitrogens with one attached hydrogen (secondary N) is 1. The van der Waals surface area contributed by atoms with Gasteiger partial charge in [-0.2, -0.15) is 0 Å². The zero-order chi connectivity index (χ0) is 13.7. The van der Waals surface area contributed by atoms with E-state index in [9.17, 15) is 0 Å². The molecule has 1 aromatic carbocycles. The van der Waals surface area contributed by atoms with Crippen LogP contribution >= 0.6 is 11.8 Å². The first kappa shape index (κ1) is 14.8. The van der Waals surface area contributed by atoms with E-state index in [4.69, 9.17) is 0 Å². The Labute approximate surface area is 122 Å².